The fourth-order valence-electron chi connectivity index (χ4n) is 3.86. The van der Waals surface area contributed by atoms with Crippen molar-refractivity contribution in [2.75, 3.05) is 11.5 Å². The molecule has 0 spiro atoms. The van der Waals surface area contributed by atoms with Gasteiger partial charge in [0.05, 0.1) is 29.0 Å². The molecule has 0 radical (unpaired) electrons. The Bertz CT molecular complexity index is 958. The molecule has 1 aromatic rings. The van der Waals surface area contributed by atoms with Crippen molar-refractivity contribution in [1.82, 2.24) is 0 Å². The highest BCUT2D eigenvalue weighted by atomic mass is 32.2. The van der Waals surface area contributed by atoms with Crippen LogP contribution in [-0.2, 0) is 6.18 Å². The smallest absolute Gasteiger partial charge is 0.399 e. The highest BCUT2D eigenvalue weighted by Crippen LogP contribution is 2.56. The molecule has 1 heterocycles. The Balaban J connectivity index is 2.39. The summed E-state index contributed by atoms with van der Waals surface area (Å²) in [5.74, 6) is -0.731. The van der Waals surface area contributed by atoms with E-state index in [9.17, 15) is 29.0 Å². The molecular weight excluding hydrogens is 373 g/mol. The quantitative estimate of drug-likeness (QED) is 0.790. The largest absolute Gasteiger partial charge is 0.416 e. The number of hydrogen-bond donors (Lipinski definition) is 1. The van der Waals surface area contributed by atoms with Gasteiger partial charge >= 0.3 is 6.18 Å². The van der Waals surface area contributed by atoms with Crippen molar-refractivity contribution < 1.29 is 13.2 Å². The second-order valence-electron chi connectivity index (χ2n) is 6.30. The number of thioether (sulfide) groups is 1. The Morgan fingerprint density at radius 3 is 2.41 bits per heavy atom. The number of rotatable bonds is 1. The second-order valence-corrected chi connectivity index (χ2v) is 7.37. The van der Waals surface area contributed by atoms with E-state index in [1.807, 2.05) is 18.2 Å². The predicted octanol–water partition coefficient (Wildman–Crippen LogP) is 3.86. The molecule has 2 aliphatic rings. The van der Waals surface area contributed by atoms with Crippen LogP contribution in [-0.4, -0.2) is 11.5 Å². The lowest BCUT2D eigenvalue weighted by Gasteiger charge is -2.43. The Morgan fingerprint density at radius 2 is 1.81 bits per heavy atom. The molecule has 3 rings (SSSR count). The first kappa shape index (κ1) is 18.9. The van der Waals surface area contributed by atoms with E-state index < -0.39 is 29.0 Å². The molecule has 1 aliphatic heterocycles. The van der Waals surface area contributed by atoms with Crippen molar-refractivity contribution in [3.63, 3.8) is 0 Å². The molecular formula is C19H13F3N4S. The number of alkyl halides is 3. The average molecular weight is 386 g/mol. The summed E-state index contributed by atoms with van der Waals surface area (Å²) in [7, 11) is 0. The van der Waals surface area contributed by atoms with Gasteiger partial charge < -0.3 is 5.73 Å². The standard InChI is InChI=1S/C19H13F3N4S/c20-19(21,22)15-4-2-1-3-12(15)16-14-8-27-6-5-11(14)13(7-23)17(26)18(16,9-24)10-25/h1-5,14,16H,6,8,26H2/t14-,16-/m0/s1. The van der Waals surface area contributed by atoms with Gasteiger partial charge in [-0.2, -0.15) is 40.7 Å². The molecule has 136 valence electrons. The first-order chi connectivity index (χ1) is 12.8. The number of hydrogen-bond acceptors (Lipinski definition) is 5. The van der Waals surface area contributed by atoms with Gasteiger partial charge in [0.15, 0.2) is 5.41 Å². The number of nitrogens with two attached hydrogens (primary N) is 1. The Labute approximate surface area is 158 Å². The highest BCUT2D eigenvalue weighted by Gasteiger charge is 2.55. The van der Waals surface area contributed by atoms with Crippen molar-refractivity contribution >= 4 is 11.8 Å². The van der Waals surface area contributed by atoms with Crippen molar-refractivity contribution in [3.8, 4) is 18.2 Å². The van der Waals surface area contributed by atoms with E-state index >= 15 is 0 Å². The average Bonchev–Trinajstić information content (AvgIpc) is 2.66. The molecule has 27 heavy (non-hydrogen) atoms. The van der Waals surface area contributed by atoms with Crippen LogP contribution in [0.5, 0.6) is 0 Å². The fraction of sp³-hybridized carbons (Fsp3) is 0.316. The van der Waals surface area contributed by atoms with Gasteiger partial charge in [-0.3, -0.25) is 0 Å². The van der Waals surface area contributed by atoms with E-state index in [-0.39, 0.29) is 16.8 Å². The lowest BCUT2D eigenvalue weighted by atomic mass is 9.58. The van der Waals surface area contributed by atoms with E-state index in [0.29, 0.717) is 17.1 Å². The lowest BCUT2D eigenvalue weighted by molar-refractivity contribution is -0.138. The zero-order chi connectivity index (χ0) is 19.8. The summed E-state index contributed by atoms with van der Waals surface area (Å²) in [6.07, 6.45) is -2.89. The van der Waals surface area contributed by atoms with Crippen molar-refractivity contribution in [2.45, 2.75) is 12.1 Å². The van der Waals surface area contributed by atoms with Crippen LogP contribution in [0.3, 0.4) is 0 Å². The molecule has 0 fully saturated rings. The van der Waals surface area contributed by atoms with Crippen LogP contribution in [0.25, 0.3) is 0 Å². The summed E-state index contributed by atoms with van der Waals surface area (Å²) < 4.78 is 40.9. The van der Waals surface area contributed by atoms with Crippen LogP contribution in [0.15, 0.2) is 47.2 Å². The van der Waals surface area contributed by atoms with Gasteiger partial charge in [0, 0.05) is 23.3 Å². The summed E-state index contributed by atoms with van der Waals surface area (Å²) in [4.78, 5) is 0. The minimum absolute atomic E-state index is 0.0316. The van der Waals surface area contributed by atoms with Gasteiger partial charge in [0.2, 0.25) is 0 Å². The van der Waals surface area contributed by atoms with E-state index in [4.69, 9.17) is 5.73 Å². The Morgan fingerprint density at radius 1 is 1.15 bits per heavy atom. The number of allylic oxidation sites excluding steroid dienone is 3. The van der Waals surface area contributed by atoms with Gasteiger partial charge in [-0.25, -0.2) is 0 Å². The molecule has 4 nitrogen and oxygen atoms in total. The number of nitriles is 3. The molecule has 1 aliphatic carbocycles. The topological polar surface area (TPSA) is 97.4 Å². The van der Waals surface area contributed by atoms with Crippen molar-refractivity contribution in [1.29, 1.82) is 15.8 Å². The third-order valence-electron chi connectivity index (χ3n) is 5.04. The third-order valence-corrected chi connectivity index (χ3v) is 6.03. The van der Waals surface area contributed by atoms with Crippen LogP contribution in [0.1, 0.15) is 17.0 Å². The van der Waals surface area contributed by atoms with Crippen LogP contribution in [0, 0.1) is 45.3 Å². The minimum Gasteiger partial charge on any atom is -0.399 e. The molecule has 8 heteroatoms. The zero-order valence-electron chi connectivity index (χ0n) is 13.9. The summed E-state index contributed by atoms with van der Waals surface area (Å²) in [5, 5.41) is 29.2. The fourth-order valence-corrected chi connectivity index (χ4v) is 4.92. The molecule has 0 saturated heterocycles. The van der Waals surface area contributed by atoms with Gasteiger partial charge in [-0.05, 0) is 17.2 Å². The first-order valence-electron chi connectivity index (χ1n) is 7.99. The third kappa shape index (κ3) is 2.76. The minimum atomic E-state index is -4.65. The van der Waals surface area contributed by atoms with Crippen LogP contribution >= 0.6 is 11.8 Å². The molecule has 0 unspecified atom stereocenters. The Hall–Kier alpha value is -2.89. The molecule has 0 amide bonds. The number of fused-ring (bicyclic) bond motifs is 1. The number of benzene rings is 1. The molecule has 2 atom stereocenters. The monoisotopic (exact) mass is 386 g/mol. The summed E-state index contributed by atoms with van der Waals surface area (Å²) in [5.41, 5.74) is 3.26. The molecule has 1 aromatic carbocycles. The van der Waals surface area contributed by atoms with Gasteiger partial charge in [0.25, 0.3) is 0 Å². The lowest BCUT2D eigenvalue weighted by Crippen LogP contribution is -2.44. The Kier molecular flexibility index (Phi) is 4.68. The SMILES string of the molecule is N#CC1=C(N)C(C#N)(C#N)[C@@H](c2ccccc2C(F)(F)F)[C@H]2CSCC=C12. The first-order valence-corrected chi connectivity index (χ1v) is 9.14. The maximum absolute atomic E-state index is 13.6. The van der Waals surface area contributed by atoms with Gasteiger partial charge in [-0.15, -0.1) is 0 Å². The molecule has 0 bridgehead atoms. The maximum Gasteiger partial charge on any atom is 0.416 e. The second kappa shape index (κ2) is 6.68. The zero-order valence-corrected chi connectivity index (χ0v) is 14.7. The summed E-state index contributed by atoms with van der Waals surface area (Å²) >= 11 is 1.48. The maximum atomic E-state index is 13.6. The van der Waals surface area contributed by atoms with Crippen molar-refractivity contribution in [3.05, 3.63) is 58.3 Å². The normalized spacial score (nSPS) is 24.1. The van der Waals surface area contributed by atoms with E-state index in [0.717, 1.165) is 6.07 Å². The molecule has 0 saturated carbocycles. The number of halogens is 3. The van der Waals surface area contributed by atoms with Gasteiger partial charge in [-0.1, -0.05) is 24.3 Å². The van der Waals surface area contributed by atoms with Gasteiger partial charge in [0.1, 0.15) is 6.07 Å². The van der Waals surface area contributed by atoms with E-state index in [1.54, 1.807) is 6.08 Å². The highest BCUT2D eigenvalue weighted by molar-refractivity contribution is 7.99. The van der Waals surface area contributed by atoms with Crippen LogP contribution in [0.2, 0.25) is 0 Å². The van der Waals surface area contributed by atoms with Crippen LogP contribution in [0.4, 0.5) is 13.2 Å². The number of nitrogens with zero attached hydrogens (tertiary/aromatic N) is 3. The molecule has 0 aromatic heterocycles. The van der Waals surface area contributed by atoms with Crippen LogP contribution < -0.4 is 5.73 Å². The summed E-state index contributed by atoms with van der Waals surface area (Å²) in [6, 6.07) is 10.6. The predicted molar refractivity (Wildman–Crippen MR) is 93.6 cm³/mol. The summed E-state index contributed by atoms with van der Waals surface area (Å²) in [6.45, 7) is 0. The molecule has 2 N–H and O–H groups in total. The van der Waals surface area contributed by atoms with E-state index in [1.165, 1.54) is 30.0 Å². The van der Waals surface area contributed by atoms with E-state index in [2.05, 4.69) is 0 Å². The van der Waals surface area contributed by atoms with Crippen molar-refractivity contribution in [2.24, 2.45) is 17.1 Å².